The maximum atomic E-state index is 14.0. The molecule has 1 saturated carbocycles. The highest BCUT2D eigenvalue weighted by atomic mass is 79.9. The Balaban J connectivity index is 1.59. The van der Waals surface area contributed by atoms with Crippen LogP contribution in [0.15, 0.2) is 62.9 Å². The Morgan fingerprint density at radius 3 is 2.79 bits per heavy atom. The molecule has 1 aliphatic carbocycles. The number of alkyl halides is 1. The number of ether oxygens (including phenoxy) is 1. The fourth-order valence-electron chi connectivity index (χ4n) is 4.62. The van der Waals surface area contributed by atoms with Gasteiger partial charge in [-0.3, -0.25) is 9.59 Å². The first-order valence-corrected chi connectivity index (χ1v) is 10.5. The monoisotopic (exact) mass is 459 g/mol. The van der Waals surface area contributed by atoms with Crippen LogP contribution < -0.4 is 0 Å². The molecule has 0 bridgehead atoms. The normalized spacial score (nSPS) is 29.0. The molecule has 2 aliphatic heterocycles. The average molecular weight is 460 g/mol. The molecule has 29 heavy (non-hydrogen) atoms. The van der Waals surface area contributed by atoms with Gasteiger partial charge in [0.2, 0.25) is 0 Å². The summed E-state index contributed by atoms with van der Waals surface area (Å²) in [5, 5.41) is 0. The molecule has 0 radical (unpaired) electrons. The molecular formula is C22H19BrFNO4. The molecule has 0 N–H and O–H groups in total. The largest absolute Gasteiger partial charge is 0.483 e. The molecule has 4 unspecified atom stereocenters. The van der Waals surface area contributed by atoms with Crippen molar-refractivity contribution in [3.05, 3.63) is 69.8 Å². The van der Waals surface area contributed by atoms with E-state index in [9.17, 15) is 14.0 Å². The number of hydrogen-bond donors (Lipinski definition) is 0. The lowest BCUT2D eigenvalue weighted by molar-refractivity contribution is -0.136. The summed E-state index contributed by atoms with van der Waals surface area (Å²) in [6, 6.07) is 10.5. The van der Waals surface area contributed by atoms with E-state index in [1.165, 1.54) is 0 Å². The fourth-order valence-corrected chi connectivity index (χ4v) is 5.04. The van der Waals surface area contributed by atoms with Gasteiger partial charge in [0, 0.05) is 4.47 Å². The first kappa shape index (κ1) is 18.6. The summed E-state index contributed by atoms with van der Waals surface area (Å²) in [5.74, 6) is -0.296. The molecule has 150 valence electrons. The zero-order valence-electron chi connectivity index (χ0n) is 15.5. The van der Waals surface area contributed by atoms with Crippen LogP contribution in [0.4, 0.5) is 4.39 Å². The molecule has 3 aliphatic rings. The standard InChI is InChI=1S/C22H19BrFNO4/c23-13-4-1-3-12(9-13)19-18-20(26)16-10-14(24)6-7-17(16)29-21(18)22(27)25(19)11-15-5-2-8-28-15/h1-5,8-9,14,16-17,19H,6-7,10-11H2. The van der Waals surface area contributed by atoms with E-state index >= 15 is 0 Å². The second-order valence-electron chi connectivity index (χ2n) is 7.75. The van der Waals surface area contributed by atoms with E-state index in [0.717, 1.165) is 10.0 Å². The van der Waals surface area contributed by atoms with Crippen LogP contribution in [0, 0.1) is 5.92 Å². The molecule has 5 rings (SSSR count). The lowest BCUT2D eigenvalue weighted by atomic mass is 9.77. The minimum Gasteiger partial charge on any atom is -0.483 e. The number of amides is 1. The number of halogens is 2. The number of nitrogens with zero attached hydrogens (tertiary/aromatic N) is 1. The Labute approximate surface area is 175 Å². The minimum absolute atomic E-state index is 0.116. The van der Waals surface area contributed by atoms with E-state index in [1.54, 1.807) is 23.3 Å². The van der Waals surface area contributed by atoms with Crippen LogP contribution in [-0.2, 0) is 20.9 Å². The lowest BCUT2D eigenvalue weighted by Crippen LogP contribution is -2.42. The number of fused-ring (bicyclic) bond motifs is 1. The summed E-state index contributed by atoms with van der Waals surface area (Å²) in [6.07, 6.45) is 1.07. The first-order chi connectivity index (χ1) is 14.0. The first-order valence-electron chi connectivity index (χ1n) is 9.71. The van der Waals surface area contributed by atoms with Crippen LogP contribution >= 0.6 is 15.9 Å². The van der Waals surface area contributed by atoms with Gasteiger partial charge in [-0.2, -0.15) is 0 Å². The van der Waals surface area contributed by atoms with Crippen molar-refractivity contribution in [1.82, 2.24) is 4.90 Å². The highest BCUT2D eigenvalue weighted by Crippen LogP contribution is 2.47. The Bertz CT molecular complexity index is 1000. The summed E-state index contributed by atoms with van der Waals surface area (Å²) in [7, 11) is 0. The number of benzene rings is 1. The van der Waals surface area contributed by atoms with Crippen LogP contribution in [-0.4, -0.2) is 28.9 Å². The third kappa shape index (κ3) is 3.12. The zero-order chi connectivity index (χ0) is 20.1. The van der Waals surface area contributed by atoms with Gasteiger partial charge in [-0.25, -0.2) is 4.39 Å². The van der Waals surface area contributed by atoms with Gasteiger partial charge in [0.25, 0.3) is 5.91 Å². The maximum Gasteiger partial charge on any atom is 0.290 e. The van der Waals surface area contributed by atoms with Crippen molar-refractivity contribution in [3.8, 4) is 0 Å². The van der Waals surface area contributed by atoms with Crippen molar-refractivity contribution in [2.45, 2.75) is 44.1 Å². The smallest absolute Gasteiger partial charge is 0.290 e. The second-order valence-corrected chi connectivity index (χ2v) is 8.67. The molecule has 1 aromatic heterocycles. The van der Waals surface area contributed by atoms with E-state index in [-0.39, 0.29) is 30.4 Å². The number of hydrogen-bond acceptors (Lipinski definition) is 4. The summed E-state index contributed by atoms with van der Waals surface area (Å²) in [4.78, 5) is 28.3. The molecular weight excluding hydrogens is 441 g/mol. The summed E-state index contributed by atoms with van der Waals surface area (Å²) < 4.78 is 26.4. The van der Waals surface area contributed by atoms with Gasteiger partial charge in [0.15, 0.2) is 11.5 Å². The zero-order valence-corrected chi connectivity index (χ0v) is 17.1. The third-order valence-corrected chi connectivity index (χ3v) is 6.44. The van der Waals surface area contributed by atoms with Gasteiger partial charge in [0.1, 0.15) is 18.0 Å². The summed E-state index contributed by atoms with van der Waals surface area (Å²) in [5.41, 5.74) is 1.14. The van der Waals surface area contributed by atoms with Crippen LogP contribution in [0.5, 0.6) is 0 Å². The Kier molecular flexibility index (Phi) is 4.57. The molecule has 2 aromatic rings. The quantitative estimate of drug-likeness (QED) is 0.678. The van der Waals surface area contributed by atoms with Crippen molar-refractivity contribution in [3.63, 3.8) is 0 Å². The van der Waals surface area contributed by atoms with Crippen LogP contribution in [0.3, 0.4) is 0 Å². The number of rotatable bonds is 3. The summed E-state index contributed by atoms with van der Waals surface area (Å²) >= 11 is 3.47. The van der Waals surface area contributed by atoms with E-state index in [1.807, 2.05) is 24.3 Å². The Morgan fingerprint density at radius 1 is 1.17 bits per heavy atom. The minimum atomic E-state index is -1.01. The van der Waals surface area contributed by atoms with Gasteiger partial charge in [-0.1, -0.05) is 28.1 Å². The predicted molar refractivity (Wildman–Crippen MR) is 105 cm³/mol. The highest BCUT2D eigenvalue weighted by molar-refractivity contribution is 9.10. The molecule has 0 saturated heterocycles. The van der Waals surface area contributed by atoms with E-state index in [4.69, 9.17) is 9.15 Å². The van der Waals surface area contributed by atoms with Crippen LogP contribution in [0.1, 0.15) is 36.6 Å². The molecule has 7 heteroatoms. The highest BCUT2D eigenvalue weighted by Gasteiger charge is 2.53. The third-order valence-electron chi connectivity index (χ3n) is 5.95. The molecule has 5 nitrogen and oxygen atoms in total. The van der Waals surface area contributed by atoms with Crippen LogP contribution in [0.25, 0.3) is 0 Å². The molecule has 1 fully saturated rings. The van der Waals surface area contributed by atoms with E-state index in [0.29, 0.717) is 24.2 Å². The van der Waals surface area contributed by atoms with Crippen molar-refractivity contribution >= 4 is 27.6 Å². The Hall–Kier alpha value is -2.41. The SMILES string of the molecule is O=C1C2=C(OC3CCC(F)CC13)C(=O)N(Cc1ccco1)C2c1cccc(Br)c1. The number of Topliss-reactive ketones (excluding diaryl/α,β-unsaturated/α-hetero) is 1. The summed E-state index contributed by atoms with van der Waals surface area (Å²) in [6.45, 7) is 0.216. The number of carbonyl (C=O) groups excluding carboxylic acids is 2. The van der Waals surface area contributed by atoms with Gasteiger partial charge in [0.05, 0.1) is 30.3 Å². The van der Waals surface area contributed by atoms with Gasteiger partial charge in [-0.05, 0) is 49.1 Å². The fraction of sp³-hybridized carbons (Fsp3) is 0.364. The van der Waals surface area contributed by atoms with E-state index in [2.05, 4.69) is 15.9 Å². The van der Waals surface area contributed by atoms with Crippen molar-refractivity contribution < 1.29 is 23.1 Å². The average Bonchev–Trinajstić information content (AvgIpc) is 3.31. The van der Waals surface area contributed by atoms with E-state index < -0.39 is 24.2 Å². The number of furan rings is 1. The van der Waals surface area contributed by atoms with Crippen molar-refractivity contribution in [2.75, 3.05) is 0 Å². The number of ketones is 1. The lowest BCUT2D eigenvalue weighted by Gasteiger charge is -2.36. The topological polar surface area (TPSA) is 59.8 Å². The van der Waals surface area contributed by atoms with Gasteiger partial charge >= 0.3 is 0 Å². The van der Waals surface area contributed by atoms with Crippen molar-refractivity contribution in [1.29, 1.82) is 0 Å². The maximum absolute atomic E-state index is 14.0. The number of carbonyl (C=O) groups is 2. The van der Waals surface area contributed by atoms with Gasteiger partial charge in [-0.15, -0.1) is 0 Å². The Morgan fingerprint density at radius 2 is 2.03 bits per heavy atom. The molecule has 0 spiro atoms. The molecule has 1 amide bonds. The predicted octanol–water partition coefficient (Wildman–Crippen LogP) is 4.49. The second kappa shape index (κ2) is 7.13. The van der Waals surface area contributed by atoms with Crippen LogP contribution in [0.2, 0.25) is 0 Å². The van der Waals surface area contributed by atoms with Gasteiger partial charge < -0.3 is 14.1 Å². The molecule has 4 atom stereocenters. The molecule has 3 heterocycles. The molecule has 1 aromatic carbocycles. The van der Waals surface area contributed by atoms with Crippen molar-refractivity contribution in [2.24, 2.45) is 5.92 Å².